The van der Waals surface area contributed by atoms with Crippen molar-refractivity contribution in [3.63, 3.8) is 0 Å². The second-order valence-electron chi connectivity index (χ2n) is 7.13. The maximum atomic E-state index is 12.8. The number of H-pyrrole nitrogens is 1. The zero-order valence-corrected chi connectivity index (χ0v) is 14.5. The van der Waals surface area contributed by atoms with Gasteiger partial charge in [-0.05, 0) is 51.6 Å². The Morgan fingerprint density at radius 3 is 2.54 bits per heavy atom. The molecule has 1 aromatic heterocycles. The third kappa shape index (κ3) is 3.54. The molecule has 0 spiro atoms. The van der Waals surface area contributed by atoms with Crippen molar-refractivity contribution in [2.45, 2.75) is 51.7 Å². The van der Waals surface area contributed by atoms with E-state index in [1.165, 1.54) is 6.07 Å². The number of carbonyl (C=O) groups excluding carboxylic acids is 1. The van der Waals surface area contributed by atoms with Gasteiger partial charge < -0.3 is 15.0 Å². The van der Waals surface area contributed by atoms with Crippen molar-refractivity contribution in [1.82, 2.24) is 14.8 Å². The van der Waals surface area contributed by atoms with Crippen LogP contribution in [0.3, 0.4) is 0 Å². The number of carbonyl (C=O) groups is 1. The highest BCUT2D eigenvalue weighted by molar-refractivity contribution is 5.96. The molecule has 0 aliphatic carbocycles. The van der Waals surface area contributed by atoms with E-state index in [2.05, 4.69) is 9.88 Å². The summed E-state index contributed by atoms with van der Waals surface area (Å²) in [5.41, 5.74) is 1.85. The molecule has 2 N–H and O–H groups in total. The first-order valence-electron chi connectivity index (χ1n) is 8.87. The van der Waals surface area contributed by atoms with Crippen LogP contribution in [0.2, 0.25) is 0 Å². The van der Waals surface area contributed by atoms with Gasteiger partial charge in [0.2, 0.25) is 5.56 Å². The number of aromatic nitrogens is 1. The molecule has 6 heteroatoms. The lowest BCUT2D eigenvalue weighted by Gasteiger charge is -2.41. The van der Waals surface area contributed by atoms with Crippen LogP contribution in [0.5, 0.6) is 0 Å². The Bertz CT molecular complexity index is 636. The van der Waals surface area contributed by atoms with E-state index in [0.717, 1.165) is 57.4 Å². The van der Waals surface area contributed by atoms with Crippen molar-refractivity contribution in [2.75, 3.05) is 26.2 Å². The van der Waals surface area contributed by atoms with Crippen LogP contribution < -0.4 is 5.56 Å². The number of piperidine rings is 2. The van der Waals surface area contributed by atoms with Gasteiger partial charge in [0.15, 0.2) is 0 Å². The highest BCUT2D eigenvalue weighted by Gasteiger charge is 2.30. The van der Waals surface area contributed by atoms with Gasteiger partial charge in [-0.3, -0.25) is 14.5 Å². The molecule has 0 radical (unpaired) electrons. The average molecular weight is 333 g/mol. The van der Waals surface area contributed by atoms with Gasteiger partial charge in [0, 0.05) is 37.4 Å². The first-order chi connectivity index (χ1) is 11.5. The average Bonchev–Trinajstić information content (AvgIpc) is 2.54. The molecule has 6 nitrogen and oxygen atoms in total. The summed E-state index contributed by atoms with van der Waals surface area (Å²) < 4.78 is 0. The summed E-state index contributed by atoms with van der Waals surface area (Å²) >= 11 is 0. The minimum Gasteiger partial charge on any atom is -0.392 e. The molecule has 0 saturated carbocycles. The van der Waals surface area contributed by atoms with Crippen LogP contribution in [-0.2, 0) is 0 Å². The van der Waals surface area contributed by atoms with Crippen LogP contribution in [-0.4, -0.2) is 64.1 Å². The first-order valence-corrected chi connectivity index (χ1v) is 8.87. The fourth-order valence-electron chi connectivity index (χ4n) is 4.08. The van der Waals surface area contributed by atoms with Crippen molar-refractivity contribution < 1.29 is 9.90 Å². The third-order valence-electron chi connectivity index (χ3n) is 5.34. The number of nitrogens with zero attached hydrogens (tertiary/aromatic N) is 2. The van der Waals surface area contributed by atoms with E-state index >= 15 is 0 Å². The van der Waals surface area contributed by atoms with Gasteiger partial charge in [0.05, 0.1) is 11.7 Å². The summed E-state index contributed by atoms with van der Waals surface area (Å²) in [5, 5.41) is 9.85. The number of aliphatic hydroxyl groups excluding tert-OH is 1. The van der Waals surface area contributed by atoms with Gasteiger partial charge in [0.25, 0.3) is 5.91 Å². The van der Waals surface area contributed by atoms with Crippen molar-refractivity contribution in [2.24, 2.45) is 0 Å². The molecule has 2 aliphatic rings. The van der Waals surface area contributed by atoms with Crippen molar-refractivity contribution in [3.8, 4) is 0 Å². The largest absolute Gasteiger partial charge is 0.392 e. The Labute approximate surface area is 142 Å². The van der Waals surface area contributed by atoms with Gasteiger partial charge in [-0.25, -0.2) is 0 Å². The number of pyridine rings is 1. The summed E-state index contributed by atoms with van der Waals surface area (Å²) in [6.45, 7) is 6.87. The molecule has 1 atom stereocenters. The van der Waals surface area contributed by atoms with Crippen molar-refractivity contribution >= 4 is 5.91 Å². The Balaban J connectivity index is 1.64. The molecule has 132 valence electrons. The normalized spacial score (nSPS) is 23.5. The highest BCUT2D eigenvalue weighted by Crippen LogP contribution is 2.23. The van der Waals surface area contributed by atoms with E-state index in [-0.39, 0.29) is 17.6 Å². The number of rotatable bonds is 2. The number of aromatic amines is 1. The summed E-state index contributed by atoms with van der Waals surface area (Å²) in [5.74, 6) is 0.0124. The minimum atomic E-state index is -0.204. The summed E-state index contributed by atoms with van der Waals surface area (Å²) in [7, 11) is 0. The quantitative estimate of drug-likeness (QED) is 0.848. The van der Waals surface area contributed by atoms with Crippen LogP contribution in [0.15, 0.2) is 10.9 Å². The number of β-amino-alcohol motifs (C(OH)–C–C–N with tert-alkyl or cyclic N) is 1. The smallest absolute Gasteiger partial charge is 0.255 e. The number of nitrogens with one attached hydrogen (secondary N) is 1. The molecule has 2 saturated heterocycles. The van der Waals surface area contributed by atoms with E-state index in [9.17, 15) is 14.7 Å². The molecule has 24 heavy (non-hydrogen) atoms. The predicted molar refractivity (Wildman–Crippen MR) is 92.3 cm³/mol. The van der Waals surface area contributed by atoms with Crippen molar-refractivity contribution in [1.29, 1.82) is 0 Å². The Morgan fingerprint density at radius 1 is 1.21 bits per heavy atom. The SMILES string of the molecule is Cc1cc(=O)[nH]c(C)c1C(=O)N1CCC(N2CCC[C@@H](O)C2)CC1. The Kier molecular flexibility index (Phi) is 5.06. The van der Waals surface area contributed by atoms with Gasteiger partial charge in [0.1, 0.15) is 0 Å². The lowest BCUT2D eigenvalue weighted by molar-refractivity contribution is 0.0240. The molecule has 1 amide bonds. The van der Waals surface area contributed by atoms with Crippen molar-refractivity contribution in [3.05, 3.63) is 33.2 Å². The molecular weight excluding hydrogens is 306 g/mol. The first kappa shape index (κ1) is 17.2. The lowest BCUT2D eigenvalue weighted by atomic mass is 9.98. The maximum absolute atomic E-state index is 12.8. The van der Waals surface area contributed by atoms with Gasteiger partial charge in [-0.1, -0.05) is 0 Å². The maximum Gasteiger partial charge on any atom is 0.255 e. The van der Waals surface area contributed by atoms with Crippen LogP contribution in [0.1, 0.15) is 47.3 Å². The molecule has 0 bridgehead atoms. The summed E-state index contributed by atoms with van der Waals surface area (Å²) in [6.07, 6.45) is 3.64. The predicted octanol–water partition coefficient (Wildman–Crippen LogP) is 1.05. The molecule has 0 unspecified atom stereocenters. The van der Waals surface area contributed by atoms with Gasteiger partial charge in [-0.15, -0.1) is 0 Å². The van der Waals surface area contributed by atoms with Crippen LogP contribution >= 0.6 is 0 Å². The third-order valence-corrected chi connectivity index (χ3v) is 5.34. The van der Waals surface area contributed by atoms with E-state index in [1.54, 1.807) is 6.92 Å². The Morgan fingerprint density at radius 2 is 1.92 bits per heavy atom. The number of amides is 1. The monoisotopic (exact) mass is 333 g/mol. The number of hydrogen-bond acceptors (Lipinski definition) is 4. The zero-order chi connectivity index (χ0) is 17.3. The topological polar surface area (TPSA) is 76.6 Å². The molecule has 2 aliphatic heterocycles. The zero-order valence-electron chi connectivity index (χ0n) is 14.5. The second-order valence-corrected chi connectivity index (χ2v) is 7.13. The second kappa shape index (κ2) is 7.07. The number of aryl methyl sites for hydroxylation is 2. The number of hydrogen-bond donors (Lipinski definition) is 2. The highest BCUT2D eigenvalue weighted by atomic mass is 16.3. The molecule has 3 rings (SSSR count). The fraction of sp³-hybridized carbons (Fsp3) is 0.667. The van der Waals surface area contributed by atoms with Gasteiger partial charge in [-0.2, -0.15) is 0 Å². The number of aliphatic hydroxyl groups is 1. The molecular formula is C18H27N3O3. The minimum absolute atomic E-state index is 0.0124. The summed E-state index contributed by atoms with van der Waals surface area (Å²) in [6, 6.07) is 1.95. The molecule has 3 heterocycles. The van der Waals surface area contributed by atoms with E-state index < -0.39 is 0 Å². The van der Waals surface area contributed by atoms with Crippen LogP contribution in [0, 0.1) is 13.8 Å². The van der Waals surface area contributed by atoms with Crippen LogP contribution in [0.4, 0.5) is 0 Å². The Hall–Kier alpha value is -1.66. The fourth-order valence-corrected chi connectivity index (χ4v) is 4.08. The summed E-state index contributed by atoms with van der Waals surface area (Å²) in [4.78, 5) is 31.3. The number of likely N-dealkylation sites (tertiary alicyclic amines) is 2. The van der Waals surface area contributed by atoms with Gasteiger partial charge >= 0.3 is 0 Å². The van der Waals surface area contributed by atoms with E-state index in [1.807, 2.05) is 11.8 Å². The molecule has 1 aromatic rings. The molecule has 0 aromatic carbocycles. The molecule has 2 fully saturated rings. The van der Waals surface area contributed by atoms with E-state index in [4.69, 9.17) is 0 Å². The van der Waals surface area contributed by atoms with E-state index in [0.29, 0.717) is 17.3 Å². The lowest BCUT2D eigenvalue weighted by Crippen LogP contribution is -2.50. The van der Waals surface area contributed by atoms with Crippen LogP contribution in [0.25, 0.3) is 0 Å². The standard InChI is InChI=1S/C18H27N3O3/c1-12-10-16(23)19-13(2)17(12)18(24)20-8-5-14(6-9-20)21-7-3-4-15(22)11-21/h10,14-15,22H,3-9,11H2,1-2H3,(H,19,23)/t15-/m1/s1.